The molecule has 2 aromatic carbocycles. The van der Waals surface area contributed by atoms with Crippen molar-refractivity contribution < 1.29 is 24.3 Å². The van der Waals surface area contributed by atoms with Gasteiger partial charge < -0.3 is 15.0 Å². The number of carbonyl (C=O) groups is 3. The number of urea groups is 2. The Kier molecular flexibility index (Phi) is 6.82. The van der Waals surface area contributed by atoms with Gasteiger partial charge in [0.2, 0.25) is 0 Å². The Labute approximate surface area is 195 Å². The second-order valence-electron chi connectivity index (χ2n) is 7.61. The number of halogens is 2. The molecule has 9 nitrogen and oxygen atoms in total. The number of benzene rings is 2. The molecule has 1 aliphatic heterocycles. The predicted octanol–water partition coefficient (Wildman–Crippen LogP) is 4.44. The first-order chi connectivity index (χ1) is 15.1. The molecule has 0 unspecified atom stereocenters. The van der Waals surface area contributed by atoms with Gasteiger partial charge in [-0.2, -0.15) is 5.06 Å². The number of hydrogen-bond donors (Lipinski definition) is 2. The summed E-state index contributed by atoms with van der Waals surface area (Å²) >= 11 is 12.1. The number of esters is 1. The van der Waals surface area contributed by atoms with Crippen molar-refractivity contribution in [2.45, 2.75) is 25.6 Å². The monoisotopic (exact) mass is 480 g/mol. The van der Waals surface area contributed by atoms with Crippen LogP contribution in [0.15, 0.2) is 48.5 Å². The molecular formula is C21H22Cl2N4O5. The molecular weight excluding hydrogens is 459 g/mol. The maximum Gasteiger partial charge on any atom is 0.347 e. The van der Waals surface area contributed by atoms with E-state index in [1.165, 1.54) is 29.0 Å². The number of nitrogens with zero attached hydrogens (tertiary/aromatic N) is 3. The van der Waals surface area contributed by atoms with Gasteiger partial charge in [0.1, 0.15) is 6.54 Å². The van der Waals surface area contributed by atoms with Gasteiger partial charge in [0.05, 0.1) is 12.6 Å². The second kappa shape index (κ2) is 9.23. The average Bonchev–Trinajstić information content (AvgIpc) is 2.93. The molecule has 0 radical (unpaired) electrons. The highest BCUT2D eigenvalue weighted by atomic mass is 35.5. The molecule has 2 N–H and O–H groups in total. The number of ether oxygens (including phenoxy) is 1. The van der Waals surface area contributed by atoms with Crippen LogP contribution >= 0.6 is 23.2 Å². The number of rotatable bonds is 5. The molecule has 1 heterocycles. The van der Waals surface area contributed by atoms with E-state index in [2.05, 4.69) is 5.32 Å². The van der Waals surface area contributed by atoms with Crippen LogP contribution in [0.3, 0.4) is 0 Å². The number of carbonyl (C=O) groups excluding carboxylic acids is 3. The second-order valence-corrected chi connectivity index (χ2v) is 8.48. The molecule has 2 aromatic rings. The molecule has 1 saturated heterocycles. The fraction of sp³-hybridized carbons (Fsp3) is 0.286. The highest BCUT2D eigenvalue weighted by Gasteiger charge is 2.56. The first-order valence-corrected chi connectivity index (χ1v) is 10.3. The summed E-state index contributed by atoms with van der Waals surface area (Å²) in [5, 5.41) is 14.6. The number of hydroxylamine groups is 2. The van der Waals surface area contributed by atoms with Crippen LogP contribution in [-0.2, 0) is 9.53 Å². The lowest BCUT2D eigenvalue weighted by Crippen LogP contribution is -2.58. The van der Waals surface area contributed by atoms with E-state index < -0.39 is 29.7 Å². The minimum absolute atomic E-state index is 0.336. The van der Waals surface area contributed by atoms with Crippen molar-refractivity contribution in [1.29, 1.82) is 0 Å². The Morgan fingerprint density at radius 3 is 2.38 bits per heavy atom. The van der Waals surface area contributed by atoms with Crippen LogP contribution in [0.1, 0.15) is 13.8 Å². The van der Waals surface area contributed by atoms with Crippen LogP contribution in [0, 0.1) is 0 Å². The fourth-order valence-electron chi connectivity index (χ4n) is 3.55. The minimum Gasteiger partial charge on any atom is -0.468 e. The molecule has 1 fully saturated rings. The van der Waals surface area contributed by atoms with Gasteiger partial charge in [0.15, 0.2) is 6.17 Å². The molecule has 32 heavy (non-hydrogen) atoms. The van der Waals surface area contributed by atoms with Crippen molar-refractivity contribution in [3.63, 3.8) is 0 Å². The third-order valence-electron chi connectivity index (χ3n) is 5.13. The van der Waals surface area contributed by atoms with E-state index in [4.69, 9.17) is 27.9 Å². The smallest absolute Gasteiger partial charge is 0.347 e. The zero-order valence-corrected chi connectivity index (χ0v) is 19.1. The molecule has 4 amide bonds. The summed E-state index contributed by atoms with van der Waals surface area (Å²) in [5.41, 5.74) is -0.513. The molecule has 0 saturated carbocycles. The molecule has 170 valence electrons. The van der Waals surface area contributed by atoms with E-state index in [0.717, 1.165) is 0 Å². The van der Waals surface area contributed by atoms with E-state index in [0.29, 0.717) is 26.5 Å². The number of nitrogens with one attached hydrogen (secondary N) is 1. The van der Waals surface area contributed by atoms with Crippen LogP contribution in [0.25, 0.3) is 0 Å². The van der Waals surface area contributed by atoms with Gasteiger partial charge in [-0.25, -0.2) is 9.59 Å². The molecule has 11 heteroatoms. The third kappa shape index (κ3) is 4.59. The van der Waals surface area contributed by atoms with Crippen LogP contribution in [0.2, 0.25) is 10.0 Å². The standard InChI is InChI=1S/C21H22Cl2N4O5/c1-21(2)18(27(31)19(29)24-15-8-4-6-13(22)10-15)26(16-9-5-7-14(23)11-16)20(30)25(21)12-17(28)32-3/h4-11,18,31H,12H2,1-3H3,(H,24,29)/t18-/m1/s1. The zero-order valence-electron chi connectivity index (χ0n) is 17.6. The highest BCUT2D eigenvalue weighted by molar-refractivity contribution is 6.31. The van der Waals surface area contributed by atoms with Crippen LogP contribution < -0.4 is 10.2 Å². The van der Waals surface area contributed by atoms with Crippen molar-refractivity contribution in [3.05, 3.63) is 58.6 Å². The van der Waals surface area contributed by atoms with Gasteiger partial charge in [-0.15, -0.1) is 0 Å². The first-order valence-electron chi connectivity index (χ1n) is 9.54. The van der Waals surface area contributed by atoms with Crippen molar-refractivity contribution in [2.75, 3.05) is 23.9 Å². The van der Waals surface area contributed by atoms with Crippen molar-refractivity contribution in [1.82, 2.24) is 9.96 Å². The highest BCUT2D eigenvalue weighted by Crippen LogP contribution is 2.38. The van der Waals surface area contributed by atoms with Gasteiger partial charge in [-0.05, 0) is 50.2 Å². The Hall–Kier alpha value is -3.01. The number of methoxy groups -OCH3 is 1. The lowest BCUT2D eigenvalue weighted by atomic mass is 10.00. The SMILES string of the molecule is COC(=O)CN1C(=O)N(c2cccc(Cl)c2)[C@H](N(O)C(=O)Nc2cccc(Cl)c2)C1(C)C. The Balaban J connectivity index is 2.00. The molecule has 3 rings (SSSR count). The van der Waals surface area contributed by atoms with Crippen molar-refractivity contribution in [2.24, 2.45) is 0 Å². The summed E-state index contributed by atoms with van der Waals surface area (Å²) < 4.78 is 4.71. The van der Waals surface area contributed by atoms with Gasteiger partial charge in [-0.1, -0.05) is 35.3 Å². The summed E-state index contributed by atoms with van der Waals surface area (Å²) in [6.45, 7) is 2.87. The number of amides is 4. The topological polar surface area (TPSA) is 102 Å². The van der Waals surface area contributed by atoms with E-state index in [1.54, 1.807) is 50.2 Å². The molecule has 0 aliphatic carbocycles. The number of hydrogen-bond acceptors (Lipinski definition) is 5. The van der Waals surface area contributed by atoms with Gasteiger partial charge >= 0.3 is 18.0 Å². The number of anilines is 2. The molecule has 0 spiro atoms. The van der Waals surface area contributed by atoms with Crippen LogP contribution in [0.5, 0.6) is 0 Å². The van der Waals surface area contributed by atoms with Gasteiger partial charge in [0.25, 0.3) is 0 Å². The third-order valence-corrected chi connectivity index (χ3v) is 5.60. The lowest BCUT2D eigenvalue weighted by Gasteiger charge is -2.38. The van der Waals surface area contributed by atoms with Gasteiger partial charge in [-0.3, -0.25) is 14.9 Å². The maximum atomic E-state index is 13.3. The lowest BCUT2D eigenvalue weighted by molar-refractivity contribution is -0.143. The summed E-state index contributed by atoms with van der Waals surface area (Å²) in [6, 6.07) is 11.3. The quantitative estimate of drug-likeness (QED) is 0.374. The summed E-state index contributed by atoms with van der Waals surface area (Å²) in [7, 11) is 1.21. The molecule has 1 aliphatic rings. The van der Waals surface area contributed by atoms with Crippen molar-refractivity contribution >= 4 is 52.6 Å². The van der Waals surface area contributed by atoms with E-state index in [-0.39, 0.29) is 6.54 Å². The Bertz CT molecular complexity index is 1050. The van der Waals surface area contributed by atoms with E-state index in [9.17, 15) is 19.6 Å². The van der Waals surface area contributed by atoms with E-state index in [1.807, 2.05) is 0 Å². The fourth-order valence-corrected chi connectivity index (χ4v) is 3.92. The molecule has 0 bridgehead atoms. The summed E-state index contributed by atoms with van der Waals surface area (Å²) in [4.78, 5) is 40.6. The predicted molar refractivity (Wildman–Crippen MR) is 120 cm³/mol. The minimum atomic E-state index is -1.21. The summed E-state index contributed by atoms with van der Waals surface area (Å²) in [6.07, 6.45) is -1.21. The normalized spacial score (nSPS) is 17.3. The first kappa shape index (κ1) is 23.6. The largest absolute Gasteiger partial charge is 0.468 e. The maximum absolute atomic E-state index is 13.3. The van der Waals surface area contributed by atoms with Crippen molar-refractivity contribution in [3.8, 4) is 0 Å². The van der Waals surface area contributed by atoms with E-state index >= 15 is 0 Å². The Morgan fingerprint density at radius 1 is 1.16 bits per heavy atom. The molecule has 0 aromatic heterocycles. The van der Waals surface area contributed by atoms with Gasteiger partial charge in [0, 0.05) is 21.4 Å². The Morgan fingerprint density at radius 2 is 1.78 bits per heavy atom. The zero-order chi connectivity index (χ0) is 23.6. The van der Waals surface area contributed by atoms with Crippen LogP contribution in [-0.4, -0.2) is 58.6 Å². The summed E-state index contributed by atoms with van der Waals surface area (Å²) in [5.74, 6) is -0.647. The van der Waals surface area contributed by atoms with Crippen LogP contribution in [0.4, 0.5) is 21.0 Å². The average molecular weight is 481 g/mol. The molecule has 1 atom stereocenters.